The summed E-state index contributed by atoms with van der Waals surface area (Å²) in [5, 5.41) is 8.04. The average Bonchev–Trinajstić information content (AvgIpc) is 2.88. The van der Waals surface area contributed by atoms with E-state index >= 15 is 0 Å². The fourth-order valence-corrected chi connectivity index (χ4v) is 2.75. The van der Waals surface area contributed by atoms with Gasteiger partial charge in [-0.15, -0.1) is 0 Å². The molecule has 1 amide bonds. The molecule has 0 aliphatic carbocycles. The van der Waals surface area contributed by atoms with E-state index in [0.717, 1.165) is 18.7 Å². The Hall–Kier alpha value is -2.15. The minimum Gasteiger partial charge on any atom is -0.372 e. The molecule has 2 aromatic rings. The third kappa shape index (κ3) is 4.41. The maximum absolute atomic E-state index is 12.0. The van der Waals surface area contributed by atoms with Gasteiger partial charge in [0, 0.05) is 32.0 Å². The molecule has 0 unspecified atom stereocenters. The van der Waals surface area contributed by atoms with Crippen molar-refractivity contribution < 1.29 is 4.79 Å². The summed E-state index contributed by atoms with van der Waals surface area (Å²) < 4.78 is 2.20. The molecule has 1 heterocycles. The van der Waals surface area contributed by atoms with Crippen molar-refractivity contribution in [3.63, 3.8) is 0 Å². The van der Waals surface area contributed by atoms with Crippen LogP contribution in [0, 0.1) is 0 Å². The van der Waals surface area contributed by atoms with Crippen LogP contribution in [0.25, 0.3) is 0 Å². The lowest BCUT2D eigenvalue weighted by molar-refractivity contribution is 0.0948. The first kappa shape index (κ1) is 17.2. The molecule has 6 nitrogen and oxygen atoms in total. The molecule has 0 saturated heterocycles. The van der Waals surface area contributed by atoms with Gasteiger partial charge in [0.05, 0.1) is 10.7 Å². The number of halogens is 1. The molecular formula is C16H20BrN5O. The quantitative estimate of drug-likeness (QED) is 0.621. The average molecular weight is 378 g/mol. The van der Waals surface area contributed by atoms with Crippen molar-refractivity contribution in [1.82, 2.24) is 15.2 Å². The van der Waals surface area contributed by atoms with Crippen LogP contribution >= 0.6 is 15.9 Å². The van der Waals surface area contributed by atoms with E-state index in [4.69, 9.17) is 0 Å². The zero-order chi connectivity index (χ0) is 16.8. The van der Waals surface area contributed by atoms with Crippen molar-refractivity contribution in [2.75, 3.05) is 18.0 Å². The predicted molar refractivity (Wildman–Crippen MR) is 96.0 cm³/mol. The number of anilines is 1. The molecule has 122 valence electrons. The van der Waals surface area contributed by atoms with Gasteiger partial charge < -0.3 is 4.90 Å². The molecular weight excluding hydrogens is 358 g/mol. The van der Waals surface area contributed by atoms with E-state index in [1.165, 1.54) is 5.69 Å². The fourth-order valence-electron chi connectivity index (χ4n) is 2.19. The zero-order valence-corrected chi connectivity index (χ0v) is 15.0. The van der Waals surface area contributed by atoms with Crippen LogP contribution in [0.3, 0.4) is 0 Å². The number of hydrogen-bond acceptors (Lipinski definition) is 4. The maximum atomic E-state index is 12.0. The number of benzene rings is 1. The smallest absolute Gasteiger partial charge is 0.293 e. The fraction of sp³-hybridized carbons (Fsp3) is 0.312. The Morgan fingerprint density at radius 3 is 2.52 bits per heavy atom. The van der Waals surface area contributed by atoms with Crippen molar-refractivity contribution in [3.8, 4) is 0 Å². The molecule has 0 saturated carbocycles. The highest BCUT2D eigenvalue weighted by Crippen LogP contribution is 2.15. The first-order chi connectivity index (χ1) is 11.0. The summed E-state index contributed by atoms with van der Waals surface area (Å²) in [6.07, 6.45) is 3.32. The number of aryl methyl sites for hydroxylation is 1. The lowest BCUT2D eigenvalue weighted by Crippen LogP contribution is -2.21. The number of amides is 1. The van der Waals surface area contributed by atoms with Crippen LogP contribution in [0.5, 0.6) is 0 Å². The summed E-state index contributed by atoms with van der Waals surface area (Å²) in [6.45, 7) is 6.20. The molecule has 0 fully saturated rings. The molecule has 1 aromatic heterocycles. The zero-order valence-electron chi connectivity index (χ0n) is 13.5. The predicted octanol–water partition coefficient (Wildman–Crippen LogP) is 2.79. The Kier molecular flexibility index (Phi) is 5.92. The number of aromatic nitrogens is 2. The number of carbonyl (C=O) groups is 1. The van der Waals surface area contributed by atoms with Gasteiger partial charge in [-0.05, 0) is 47.5 Å². The van der Waals surface area contributed by atoms with Crippen LogP contribution in [-0.2, 0) is 7.05 Å². The number of hydrazone groups is 1. The Labute approximate surface area is 144 Å². The van der Waals surface area contributed by atoms with Gasteiger partial charge in [-0.1, -0.05) is 12.1 Å². The highest BCUT2D eigenvalue weighted by Gasteiger charge is 2.13. The van der Waals surface area contributed by atoms with Crippen LogP contribution in [0.4, 0.5) is 5.69 Å². The van der Waals surface area contributed by atoms with Crippen molar-refractivity contribution >= 4 is 33.7 Å². The number of carbonyl (C=O) groups excluding carboxylic acids is 1. The second kappa shape index (κ2) is 7.92. The summed E-state index contributed by atoms with van der Waals surface area (Å²) in [4.78, 5) is 14.2. The summed E-state index contributed by atoms with van der Waals surface area (Å²) in [5.41, 5.74) is 4.88. The maximum Gasteiger partial charge on any atom is 0.293 e. The van der Waals surface area contributed by atoms with Crippen LogP contribution < -0.4 is 10.3 Å². The lowest BCUT2D eigenvalue weighted by Gasteiger charge is -2.20. The second-order valence-electron chi connectivity index (χ2n) is 4.96. The number of rotatable bonds is 6. The van der Waals surface area contributed by atoms with Gasteiger partial charge >= 0.3 is 0 Å². The van der Waals surface area contributed by atoms with E-state index in [0.29, 0.717) is 10.2 Å². The van der Waals surface area contributed by atoms with Crippen LogP contribution in [0.2, 0.25) is 0 Å². The van der Waals surface area contributed by atoms with Gasteiger partial charge in [-0.2, -0.15) is 10.2 Å². The Bertz CT molecular complexity index is 689. The molecule has 23 heavy (non-hydrogen) atoms. The lowest BCUT2D eigenvalue weighted by atomic mass is 10.2. The van der Waals surface area contributed by atoms with Gasteiger partial charge in [0.1, 0.15) is 0 Å². The van der Waals surface area contributed by atoms with Crippen LogP contribution in [0.1, 0.15) is 29.9 Å². The van der Waals surface area contributed by atoms with E-state index in [9.17, 15) is 4.79 Å². The molecule has 1 N–H and O–H groups in total. The molecule has 0 bridgehead atoms. The summed E-state index contributed by atoms with van der Waals surface area (Å²) in [6, 6.07) is 8.04. The highest BCUT2D eigenvalue weighted by molar-refractivity contribution is 9.10. The molecule has 2 rings (SSSR count). The monoisotopic (exact) mass is 377 g/mol. The minimum atomic E-state index is -0.353. The first-order valence-corrected chi connectivity index (χ1v) is 8.22. The SMILES string of the molecule is CCN(CC)c1ccc(C=NNC(=O)c2nn(C)cc2Br)cc1. The Morgan fingerprint density at radius 2 is 2.00 bits per heavy atom. The third-order valence-electron chi connectivity index (χ3n) is 3.40. The number of nitrogens with one attached hydrogen (secondary N) is 1. The van der Waals surface area contributed by atoms with Crippen molar-refractivity contribution in [3.05, 3.63) is 46.2 Å². The molecule has 0 aliphatic heterocycles. The van der Waals surface area contributed by atoms with Crippen molar-refractivity contribution in [2.24, 2.45) is 12.1 Å². The molecule has 0 aliphatic rings. The van der Waals surface area contributed by atoms with E-state index in [2.05, 4.69) is 50.3 Å². The normalized spacial score (nSPS) is 11.0. The Morgan fingerprint density at radius 1 is 1.35 bits per heavy atom. The van der Waals surface area contributed by atoms with E-state index in [1.54, 1.807) is 24.1 Å². The summed E-state index contributed by atoms with van der Waals surface area (Å²) in [5.74, 6) is -0.353. The van der Waals surface area contributed by atoms with Gasteiger partial charge in [0.25, 0.3) is 5.91 Å². The van der Waals surface area contributed by atoms with Gasteiger partial charge in [-0.25, -0.2) is 5.43 Å². The highest BCUT2D eigenvalue weighted by atomic mass is 79.9. The van der Waals surface area contributed by atoms with E-state index in [-0.39, 0.29) is 5.91 Å². The topological polar surface area (TPSA) is 62.5 Å². The standard InChI is InChI=1S/C16H20BrN5O/c1-4-22(5-2)13-8-6-12(7-9-13)10-18-19-16(23)15-14(17)11-21(3)20-15/h6-11H,4-5H2,1-3H3,(H,19,23). The molecule has 0 radical (unpaired) electrons. The molecule has 7 heteroatoms. The van der Waals surface area contributed by atoms with Crippen molar-refractivity contribution in [2.45, 2.75) is 13.8 Å². The summed E-state index contributed by atoms with van der Waals surface area (Å²) in [7, 11) is 1.75. The Balaban J connectivity index is 1.98. The number of hydrogen-bond donors (Lipinski definition) is 1. The third-order valence-corrected chi connectivity index (χ3v) is 3.98. The van der Waals surface area contributed by atoms with Gasteiger partial charge in [0.15, 0.2) is 5.69 Å². The second-order valence-corrected chi connectivity index (χ2v) is 5.82. The van der Waals surface area contributed by atoms with Crippen LogP contribution in [0.15, 0.2) is 40.0 Å². The van der Waals surface area contributed by atoms with Gasteiger partial charge in [-0.3, -0.25) is 9.48 Å². The number of nitrogens with zero attached hydrogens (tertiary/aromatic N) is 4. The first-order valence-electron chi connectivity index (χ1n) is 7.42. The van der Waals surface area contributed by atoms with Crippen molar-refractivity contribution in [1.29, 1.82) is 0 Å². The van der Waals surface area contributed by atoms with E-state index < -0.39 is 0 Å². The summed E-state index contributed by atoms with van der Waals surface area (Å²) >= 11 is 3.29. The van der Waals surface area contributed by atoms with Crippen LogP contribution in [-0.4, -0.2) is 35.0 Å². The largest absolute Gasteiger partial charge is 0.372 e. The van der Waals surface area contributed by atoms with E-state index in [1.807, 2.05) is 24.3 Å². The minimum absolute atomic E-state index is 0.307. The molecule has 1 aromatic carbocycles. The molecule has 0 atom stereocenters. The van der Waals surface area contributed by atoms with Gasteiger partial charge in [0.2, 0.25) is 0 Å². The molecule has 0 spiro atoms.